The van der Waals surface area contributed by atoms with Crippen LogP contribution >= 0.6 is 19.0 Å². The van der Waals surface area contributed by atoms with Gasteiger partial charge in [-0.15, -0.1) is 11.8 Å². The fourth-order valence-electron chi connectivity index (χ4n) is 3.11. The molecule has 0 saturated heterocycles. The molecule has 122 valence electrons. The predicted molar refractivity (Wildman–Crippen MR) is 112 cm³/mol. The molecule has 0 fully saturated rings. The summed E-state index contributed by atoms with van der Waals surface area (Å²) in [6.45, 7) is 0. The fraction of sp³-hybridized carbons (Fsp3) is 0.0455. The summed E-state index contributed by atoms with van der Waals surface area (Å²) in [5.41, 5.74) is 0. The SMILES string of the molecule is CS/C=C(/C#N)[P+](c1ccccc1)(c1ccccc1)c1ccccc1. The van der Waals surface area contributed by atoms with Crippen molar-refractivity contribution in [2.45, 2.75) is 0 Å². The number of thioether (sulfide) groups is 1. The molecular formula is C22H19NPS+. The van der Waals surface area contributed by atoms with Gasteiger partial charge < -0.3 is 0 Å². The van der Waals surface area contributed by atoms with Crippen LogP contribution in [-0.2, 0) is 0 Å². The lowest BCUT2D eigenvalue weighted by Gasteiger charge is -2.26. The highest BCUT2D eigenvalue weighted by molar-refractivity contribution is 8.03. The molecule has 0 saturated carbocycles. The van der Waals surface area contributed by atoms with E-state index in [0.29, 0.717) is 0 Å². The lowest BCUT2D eigenvalue weighted by atomic mass is 10.4. The van der Waals surface area contributed by atoms with Crippen molar-refractivity contribution in [2.75, 3.05) is 6.26 Å². The van der Waals surface area contributed by atoms with Crippen LogP contribution in [0.25, 0.3) is 0 Å². The van der Waals surface area contributed by atoms with Gasteiger partial charge in [0.2, 0.25) is 0 Å². The molecule has 3 aromatic rings. The summed E-state index contributed by atoms with van der Waals surface area (Å²) in [4.78, 5) is 0. The number of allylic oxidation sites excluding steroid dienone is 1. The molecule has 0 aliphatic carbocycles. The minimum absolute atomic E-state index is 0.837. The van der Waals surface area contributed by atoms with Crippen LogP contribution in [0.2, 0.25) is 0 Å². The number of nitrogens with zero attached hydrogens (tertiary/aromatic N) is 1. The van der Waals surface area contributed by atoms with Crippen molar-refractivity contribution >= 4 is 34.9 Å². The van der Waals surface area contributed by atoms with Crippen LogP contribution in [-0.4, -0.2) is 6.26 Å². The quantitative estimate of drug-likeness (QED) is 0.486. The molecule has 0 aromatic heterocycles. The molecule has 0 atom stereocenters. The number of rotatable bonds is 5. The maximum Gasteiger partial charge on any atom is 0.191 e. The zero-order chi connectivity index (χ0) is 17.5. The Morgan fingerprint density at radius 3 is 1.40 bits per heavy atom. The maximum absolute atomic E-state index is 10.1. The minimum Gasteiger partial charge on any atom is -0.189 e. The highest BCUT2D eigenvalue weighted by Crippen LogP contribution is 2.62. The molecule has 0 amide bonds. The molecule has 3 aromatic carbocycles. The molecule has 25 heavy (non-hydrogen) atoms. The zero-order valence-electron chi connectivity index (χ0n) is 14.0. The van der Waals surface area contributed by atoms with Gasteiger partial charge in [-0.1, -0.05) is 54.6 Å². The van der Waals surface area contributed by atoms with Crippen LogP contribution in [0.1, 0.15) is 0 Å². The monoisotopic (exact) mass is 360 g/mol. The molecule has 3 rings (SSSR count). The van der Waals surface area contributed by atoms with Crippen molar-refractivity contribution in [3.8, 4) is 6.07 Å². The molecular weight excluding hydrogens is 341 g/mol. The van der Waals surface area contributed by atoms with Crippen molar-refractivity contribution < 1.29 is 0 Å². The van der Waals surface area contributed by atoms with Crippen molar-refractivity contribution in [1.82, 2.24) is 0 Å². The van der Waals surface area contributed by atoms with E-state index in [-0.39, 0.29) is 0 Å². The third kappa shape index (κ3) is 3.27. The Labute approximate surface area is 154 Å². The maximum atomic E-state index is 10.1. The van der Waals surface area contributed by atoms with Crippen molar-refractivity contribution in [3.05, 3.63) is 102 Å². The lowest BCUT2D eigenvalue weighted by Crippen LogP contribution is -2.32. The Hall–Kier alpha value is -2.33. The van der Waals surface area contributed by atoms with Crippen LogP contribution in [0.4, 0.5) is 0 Å². The molecule has 0 bridgehead atoms. The number of nitriles is 1. The summed E-state index contributed by atoms with van der Waals surface area (Å²) in [5, 5.41) is 16.5. The zero-order valence-corrected chi connectivity index (χ0v) is 15.8. The third-order valence-corrected chi connectivity index (χ3v) is 8.95. The summed E-state index contributed by atoms with van der Waals surface area (Å²) in [5.74, 6) is 0. The van der Waals surface area contributed by atoms with E-state index in [9.17, 15) is 5.26 Å². The van der Waals surface area contributed by atoms with Gasteiger partial charge in [0, 0.05) is 5.41 Å². The molecule has 1 nitrogen and oxygen atoms in total. The Morgan fingerprint density at radius 2 is 1.12 bits per heavy atom. The average Bonchev–Trinajstić information content (AvgIpc) is 2.70. The predicted octanol–water partition coefficient (Wildman–Crippen LogP) is 4.71. The molecule has 0 unspecified atom stereocenters. The first-order valence-electron chi connectivity index (χ1n) is 8.03. The summed E-state index contributed by atoms with van der Waals surface area (Å²) in [7, 11) is -2.20. The normalized spacial score (nSPS) is 11.8. The van der Waals surface area contributed by atoms with E-state index in [0.717, 1.165) is 5.31 Å². The average molecular weight is 360 g/mol. The van der Waals surface area contributed by atoms with Crippen molar-refractivity contribution in [1.29, 1.82) is 5.26 Å². The highest BCUT2D eigenvalue weighted by atomic mass is 32.2. The smallest absolute Gasteiger partial charge is 0.189 e. The van der Waals surface area contributed by atoms with Crippen LogP contribution in [0.15, 0.2) is 102 Å². The van der Waals surface area contributed by atoms with Crippen molar-refractivity contribution in [3.63, 3.8) is 0 Å². The van der Waals surface area contributed by atoms with E-state index in [1.54, 1.807) is 11.8 Å². The summed E-state index contributed by atoms with van der Waals surface area (Å²) in [6, 6.07) is 33.9. The molecule has 0 N–H and O–H groups in total. The topological polar surface area (TPSA) is 23.8 Å². The number of hydrogen-bond acceptors (Lipinski definition) is 2. The molecule has 0 heterocycles. The first-order valence-corrected chi connectivity index (χ1v) is 11.1. The van der Waals surface area contributed by atoms with Gasteiger partial charge >= 0.3 is 0 Å². The Bertz CT molecular complexity index is 787. The van der Waals surface area contributed by atoms with Crippen LogP contribution in [0, 0.1) is 11.3 Å². The molecule has 0 spiro atoms. The Morgan fingerprint density at radius 1 is 0.760 bits per heavy atom. The van der Waals surface area contributed by atoms with E-state index in [1.807, 2.05) is 29.9 Å². The minimum atomic E-state index is -2.20. The lowest BCUT2D eigenvalue weighted by molar-refractivity contribution is 1.52. The van der Waals surface area contributed by atoms with E-state index < -0.39 is 7.26 Å². The summed E-state index contributed by atoms with van der Waals surface area (Å²) < 4.78 is 0. The standard InChI is InChI=1S/C22H19NPS/c1-25-18-22(17-23)24(19-11-5-2-6-12-19,20-13-7-3-8-14-20)21-15-9-4-10-16-21/h2-16,18H,1H3/q+1/b22-18-. The van der Waals surface area contributed by atoms with Gasteiger partial charge in [-0.3, -0.25) is 0 Å². The van der Waals surface area contributed by atoms with E-state index in [4.69, 9.17) is 0 Å². The summed E-state index contributed by atoms with van der Waals surface area (Å²) in [6.07, 6.45) is 2.01. The van der Waals surface area contributed by atoms with Crippen molar-refractivity contribution in [2.24, 2.45) is 0 Å². The highest BCUT2D eigenvalue weighted by Gasteiger charge is 2.49. The van der Waals surface area contributed by atoms with Gasteiger partial charge in [-0.2, -0.15) is 5.26 Å². The van der Waals surface area contributed by atoms with Gasteiger partial charge in [-0.05, 0) is 42.7 Å². The second kappa shape index (κ2) is 8.17. The Balaban J connectivity index is 2.45. The number of hydrogen-bond donors (Lipinski definition) is 0. The fourth-order valence-corrected chi connectivity index (χ4v) is 8.07. The van der Waals surface area contributed by atoms with Gasteiger partial charge in [0.05, 0.1) is 0 Å². The second-order valence-corrected chi connectivity index (χ2v) is 9.61. The van der Waals surface area contributed by atoms with Crippen LogP contribution in [0.3, 0.4) is 0 Å². The van der Waals surface area contributed by atoms with Gasteiger partial charge in [0.15, 0.2) is 12.6 Å². The van der Waals surface area contributed by atoms with Gasteiger partial charge in [-0.25, -0.2) is 0 Å². The molecule has 0 aliphatic heterocycles. The van der Waals surface area contributed by atoms with Crippen LogP contribution in [0.5, 0.6) is 0 Å². The van der Waals surface area contributed by atoms with E-state index >= 15 is 0 Å². The molecule has 0 radical (unpaired) electrons. The summed E-state index contributed by atoms with van der Waals surface area (Å²) >= 11 is 1.59. The second-order valence-electron chi connectivity index (χ2n) is 5.53. The van der Waals surface area contributed by atoms with Gasteiger partial charge in [0.1, 0.15) is 22.0 Å². The first-order chi connectivity index (χ1) is 12.3. The largest absolute Gasteiger partial charge is 0.191 e. The third-order valence-electron chi connectivity index (χ3n) is 4.14. The van der Waals surface area contributed by atoms with E-state index in [2.05, 4.69) is 78.9 Å². The first kappa shape index (κ1) is 17.5. The van der Waals surface area contributed by atoms with Crippen LogP contribution < -0.4 is 15.9 Å². The molecule has 3 heteroatoms. The molecule has 0 aliphatic rings. The van der Waals surface area contributed by atoms with Gasteiger partial charge in [0.25, 0.3) is 0 Å². The number of benzene rings is 3. The van der Waals surface area contributed by atoms with E-state index in [1.165, 1.54) is 15.9 Å². The Kier molecular flexibility index (Phi) is 5.71.